The van der Waals surface area contributed by atoms with Gasteiger partial charge in [0.05, 0.1) is 15.6 Å². The molecule has 28 heavy (non-hydrogen) atoms. The maximum atomic E-state index is 12.5. The lowest BCUT2D eigenvalue weighted by Gasteiger charge is -2.12. The number of rotatable bonds is 7. The summed E-state index contributed by atoms with van der Waals surface area (Å²) in [6, 6.07) is 11.5. The highest BCUT2D eigenvalue weighted by Crippen LogP contribution is 2.32. The number of nitrogens with zero attached hydrogens (tertiary/aromatic N) is 4. The fourth-order valence-corrected chi connectivity index (χ4v) is 4.75. The summed E-state index contributed by atoms with van der Waals surface area (Å²) in [7, 11) is 0. The van der Waals surface area contributed by atoms with Crippen LogP contribution in [-0.4, -0.2) is 42.7 Å². The van der Waals surface area contributed by atoms with Crippen molar-refractivity contribution in [1.82, 2.24) is 19.3 Å². The minimum atomic E-state index is -0.225. The first kappa shape index (κ1) is 18.8. The van der Waals surface area contributed by atoms with Gasteiger partial charge in [0.2, 0.25) is 0 Å². The summed E-state index contributed by atoms with van der Waals surface area (Å²) in [5, 5.41) is 0.933. The normalized spacial score (nSPS) is 15.9. The van der Waals surface area contributed by atoms with E-state index in [1.165, 1.54) is 4.90 Å². The first-order chi connectivity index (χ1) is 13.7. The molecule has 8 heteroatoms. The van der Waals surface area contributed by atoms with Gasteiger partial charge in [-0.25, -0.2) is 4.98 Å². The molecule has 0 aromatic carbocycles. The lowest BCUT2D eigenvalue weighted by Crippen LogP contribution is -2.29. The van der Waals surface area contributed by atoms with Crippen molar-refractivity contribution in [2.75, 3.05) is 12.3 Å². The van der Waals surface area contributed by atoms with Crippen molar-refractivity contribution in [3.63, 3.8) is 0 Å². The van der Waals surface area contributed by atoms with Gasteiger partial charge in [0.1, 0.15) is 5.65 Å². The summed E-state index contributed by atoms with van der Waals surface area (Å²) >= 11 is 2.73. The van der Waals surface area contributed by atoms with Crippen molar-refractivity contribution in [2.45, 2.75) is 17.9 Å². The predicted octanol–water partition coefficient (Wildman–Crippen LogP) is 4.34. The zero-order chi connectivity index (χ0) is 19.3. The Labute approximate surface area is 171 Å². The number of fused-ring (bicyclic) bond motifs is 1. The Morgan fingerprint density at radius 2 is 1.96 bits per heavy atom. The molecule has 0 saturated carbocycles. The van der Waals surface area contributed by atoms with Gasteiger partial charge in [-0.15, -0.1) is 11.8 Å². The van der Waals surface area contributed by atoms with Gasteiger partial charge >= 0.3 is 0 Å². The van der Waals surface area contributed by atoms with Gasteiger partial charge in [-0.05, 0) is 60.7 Å². The van der Waals surface area contributed by atoms with E-state index in [-0.39, 0.29) is 11.1 Å². The van der Waals surface area contributed by atoms with E-state index in [4.69, 9.17) is 0 Å². The third kappa shape index (κ3) is 4.13. The first-order valence-electron chi connectivity index (χ1n) is 8.94. The van der Waals surface area contributed by atoms with Crippen molar-refractivity contribution in [3.8, 4) is 0 Å². The van der Waals surface area contributed by atoms with Crippen molar-refractivity contribution < 1.29 is 9.59 Å². The zero-order valence-corrected chi connectivity index (χ0v) is 16.7. The predicted molar refractivity (Wildman–Crippen MR) is 112 cm³/mol. The molecule has 1 saturated heterocycles. The number of hydrogen-bond donors (Lipinski definition) is 0. The molecule has 0 bridgehead atoms. The Balaban J connectivity index is 1.28. The minimum absolute atomic E-state index is 0.206. The highest BCUT2D eigenvalue weighted by Gasteiger charge is 2.34. The molecule has 1 aliphatic rings. The topological polar surface area (TPSA) is 67.6 Å². The third-order valence-corrected chi connectivity index (χ3v) is 6.29. The molecule has 3 aromatic heterocycles. The van der Waals surface area contributed by atoms with Crippen LogP contribution in [0.3, 0.4) is 0 Å². The van der Waals surface area contributed by atoms with E-state index in [2.05, 4.69) is 20.4 Å². The Bertz CT molecular complexity index is 1030. The fraction of sp³-hybridized carbons (Fsp3) is 0.200. The monoisotopic (exact) mass is 410 g/mol. The summed E-state index contributed by atoms with van der Waals surface area (Å²) in [5.74, 6) is 0.689. The van der Waals surface area contributed by atoms with Crippen LogP contribution < -0.4 is 0 Å². The molecule has 4 rings (SSSR count). The number of amides is 2. The molecule has 142 valence electrons. The van der Waals surface area contributed by atoms with E-state index in [9.17, 15) is 9.59 Å². The van der Waals surface area contributed by atoms with Gasteiger partial charge in [-0.1, -0.05) is 12.1 Å². The van der Waals surface area contributed by atoms with E-state index in [0.717, 1.165) is 41.0 Å². The van der Waals surface area contributed by atoms with Gasteiger partial charge in [0.15, 0.2) is 0 Å². The second-order valence-electron chi connectivity index (χ2n) is 6.16. The number of aromatic nitrogens is 3. The van der Waals surface area contributed by atoms with Crippen LogP contribution in [0, 0.1) is 0 Å². The largest absolute Gasteiger partial charge is 0.294 e. The van der Waals surface area contributed by atoms with Gasteiger partial charge < -0.3 is 0 Å². The summed E-state index contributed by atoms with van der Waals surface area (Å²) in [6.45, 7) is 0.445. The summed E-state index contributed by atoms with van der Waals surface area (Å²) < 4.78 is 2.06. The highest BCUT2D eigenvalue weighted by molar-refractivity contribution is 8.18. The molecule has 3 aromatic rings. The lowest BCUT2D eigenvalue weighted by molar-refractivity contribution is -0.122. The summed E-state index contributed by atoms with van der Waals surface area (Å²) in [6.07, 6.45) is 8.77. The summed E-state index contributed by atoms with van der Waals surface area (Å²) in [4.78, 5) is 34.9. The average molecular weight is 411 g/mol. The molecule has 0 radical (unpaired) electrons. The average Bonchev–Trinajstić information content (AvgIpc) is 3.29. The van der Waals surface area contributed by atoms with E-state index >= 15 is 0 Å². The van der Waals surface area contributed by atoms with Crippen LogP contribution in [0.2, 0.25) is 0 Å². The summed E-state index contributed by atoms with van der Waals surface area (Å²) in [5.41, 5.74) is 1.61. The molecular formula is C20H18N4O2S2. The molecule has 4 heterocycles. The second-order valence-corrected chi connectivity index (χ2v) is 8.27. The van der Waals surface area contributed by atoms with Crippen LogP contribution in [0.4, 0.5) is 4.79 Å². The van der Waals surface area contributed by atoms with E-state index in [1.807, 2.05) is 36.5 Å². The SMILES string of the molecule is O=C1S/C(=C\c2ccccn2)C(=O)N1CCCCSc1cccc2nccn12. The zero-order valence-electron chi connectivity index (χ0n) is 15.0. The Kier molecular flexibility index (Phi) is 5.78. The van der Waals surface area contributed by atoms with Gasteiger partial charge in [0, 0.05) is 25.1 Å². The second kappa shape index (κ2) is 8.62. The first-order valence-corrected chi connectivity index (χ1v) is 10.7. The van der Waals surface area contributed by atoms with Crippen molar-refractivity contribution in [2.24, 2.45) is 0 Å². The quantitative estimate of drug-likeness (QED) is 0.328. The van der Waals surface area contributed by atoms with Crippen LogP contribution >= 0.6 is 23.5 Å². The van der Waals surface area contributed by atoms with Gasteiger partial charge in [-0.3, -0.25) is 23.9 Å². The maximum Gasteiger partial charge on any atom is 0.293 e. The Hall–Kier alpha value is -2.58. The molecule has 0 aliphatic carbocycles. The van der Waals surface area contributed by atoms with Crippen molar-refractivity contribution in [1.29, 1.82) is 0 Å². The molecule has 1 aliphatic heterocycles. The number of pyridine rings is 2. The third-order valence-electron chi connectivity index (χ3n) is 4.26. The van der Waals surface area contributed by atoms with E-state index in [0.29, 0.717) is 17.1 Å². The van der Waals surface area contributed by atoms with Crippen LogP contribution in [0.15, 0.2) is 64.9 Å². The Morgan fingerprint density at radius 1 is 1.04 bits per heavy atom. The number of carbonyl (C=O) groups is 2. The van der Waals surface area contributed by atoms with Crippen molar-refractivity contribution >= 4 is 46.4 Å². The smallest absolute Gasteiger partial charge is 0.293 e. The number of imidazole rings is 1. The highest BCUT2D eigenvalue weighted by atomic mass is 32.2. The fourth-order valence-electron chi connectivity index (χ4n) is 2.88. The van der Waals surface area contributed by atoms with Gasteiger partial charge in [0.25, 0.3) is 11.1 Å². The molecular weight excluding hydrogens is 392 g/mol. The van der Waals surface area contributed by atoms with Crippen molar-refractivity contribution in [3.05, 3.63) is 65.6 Å². The Morgan fingerprint density at radius 3 is 2.82 bits per heavy atom. The number of imide groups is 1. The molecule has 6 nitrogen and oxygen atoms in total. The van der Waals surface area contributed by atoms with E-state index < -0.39 is 0 Å². The molecule has 0 unspecified atom stereocenters. The molecule has 0 atom stereocenters. The number of unbranched alkanes of at least 4 members (excludes halogenated alkanes) is 1. The molecule has 2 amide bonds. The number of carbonyl (C=O) groups excluding carboxylic acids is 2. The van der Waals surface area contributed by atoms with E-state index in [1.54, 1.807) is 30.2 Å². The lowest BCUT2D eigenvalue weighted by atomic mass is 10.3. The van der Waals surface area contributed by atoms with Gasteiger partial charge in [-0.2, -0.15) is 0 Å². The van der Waals surface area contributed by atoms with Crippen LogP contribution in [-0.2, 0) is 4.79 Å². The van der Waals surface area contributed by atoms with Crippen LogP contribution in [0.25, 0.3) is 11.7 Å². The number of thioether (sulfide) groups is 2. The molecule has 0 N–H and O–H groups in total. The maximum absolute atomic E-state index is 12.5. The number of hydrogen-bond acceptors (Lipinski definition) is 6. The minimum Gasteiger partial charge on any atom is -0.294 e. The standard InChI is InChI=1S/C20H18N4O2S2/c25-19-16(14-15-6-1-2-9-21-15)28-20(26)24(19)11-3-4-13-27-18-8-5-7-17-22-10-12-23(17)18/h1-2,5-10,12,14H,3-4,11,13H2/b16-14-. The van der Waals surface area contributed by atoms with Crippen LogP contribution in [0.1, 0.15) is 18.5 Å². The molecule has 0 spiro atoms. The molecule has 1 fully saturated rings. The van der Waals surface area contributed by atoms with Crippen LogP contribution in [0.5, 0.6) is 0 Å².